The van der Waals surface area contributed by atoms with Crippen LogP contribution in [0.5, 0.6) is 0 Å². The summed E-state index contributed by atoms with van der Waals surface area (Å²) in [6.45, 7) is 5.54. The highest BCUT2D eigenvalue weighted by atomic mass is 16.5. The summed E-state index contributed by atoms with van der Waals surface area (Å²) in [6.07, 6.45) is 0.0567. The maximum Gasteiger partial charge on any atom is 0.322 e. The van der Waals surface area contributed by atoms with Crippen molar-refractivity contribution in [2.75, 3.05) is 32.1 Å². The maximum atomic E-state index is 12.2. The van der Waals surface area contributed by atoms with Crippen LogP contribution in [0.3, 0.4) is 0 Å². The maximum absolute atomic E-state index is 12.2. The Hall–Kier alpha value is -2.08. The fraction of sp³-hybridized carbons (Fsp3) is 0.467. The number of carbonyl (C=O) groups excluding carboxylic acids is 2. The Labute approximate surface area is 124 Å². The van der Waals surface area contributed by atoms with Gasteiger partial charge in [-0.1, -0.05) is 0 Å². The second kappa shape index (κ2) is 6.58. The summed E-state index contributed by atoms with van der Waals surface area (Å²) >= 11 is 0. The number of hydrogen-bond donors (Lipinski definition) is 2. The Bertz CT molecular complexity index is 545. The highest BCUT2D eigenvalue weighted by molar-refractivity contribution is 5.96. The molecule has 0 saturated carbocycles. The number of benzene rings is 1. The molecule has 3 amide bonds. The average molecular weight is 291 g/mol. The molecule has 2 rings (SSSR count). The van der Waals surface area contributed by atoms with E-state index in [9.17, 15) is 9.59 Å². The van der Waals surface area contributed by atoms with Gasteiger partial charge in [0.05, 0.1) is 12.7 Å². The van der Waals surface area contributed by atoms with Crippen molar-refractivity contribution >= 4 is 17.6 Å². The minimum absolute atomic E-state index is 0.0567. The number of anilines is 1. The van der Waals surface area contributed by atoms with Crippen molar-refractivity contribution in [1.29, 1.82) is 0 Å². The molecule has 1 aliphatic heterocycles. The monoisotopic (exact) mass is 291 g/mol. The largest absolute Gasteiger partial charge is 0.375 e. The lowest BCUT2D eigenvalue weighted by atomic mass is 10.1. The van der Waals surface area contributed by atoms with Crippen LogP contribution < -0.4 is 10.6 Å². The molecule has 1 aromatic rings. The highest BCUT2D eigenvalue weighted by Gasteiger charge is 2.21. The van der Waals surface area contributed by atoms with Gasteiger partial charge in [0.1, 0.15) is 0 Å². The smallest absolute Gasteiger partial charge is 0.322 e. The van der Waals surface area contributed by atoms with Gasteiger partial charge >= 0.3 is 6.03 Å². The third-order valence-corrected chi connectivity index (χ3v) is 3.49. The molecule has 1 fully saturated rings. The molecule has 1 saturated heterocycles. The Morgan fingerprint density at radius 3 is 2.76 bits per heavy atom. The number of urea groups is 1. The molecule has 0 spiro atoms. The van der Waals surface area contributed by atoms with Crippen LogP contribution in [0.2, 0.25) is 0 Å². The Morgan fingerprint density at radius 1 is 1.38 bits per heavy atom. The van der Waals surface area contributed by atoms with Gasteiger partial charge in [0.2, 0.25) is 0 Å². The van der Waals surface area contributed by atoms with E-state index in [1.165, 1.54) is 0 Å². The first-order valence-electron chi connectivity index (χ1n) is 7.01. The van der Waals surface area contributed by atoms with Crippen molar-refractivity contribution in [3.63, 3.8) is 0 Å². The number of carbonyl (C=O) groups is 2. The van der Waals surface area contributed by atoms with Crippen LogP contribution in [0.4, 0.5) is 10.5 Å². The van der Waals surface area contributed by atoms with E-state index in [2.05, 4.69) is 10.6 Å². The van der Waals surface area contributed by atoms with Crippen molar-refractivity contribution in [3.05, 3.63) is 29.3 Å². The summed E-state index contributed by atoms with van der Waals surface area (Å²) in [6, 6.07) is 5.07. The zero-order valence-corrected chi connectivity index (χ0v) is 12.6. The second-order valence-corrected chi connectivity index (χ2v) is 5.17. The van der Waals surface area contributed by atoms with E-state index < -0.39 is 0 Å². The van der Waals surface area contributed by atoms with E-state index in [1.54, 1.807) is 30.1 Å². The van der Waals surface area contributed by atoms with Crippen molar-refractivity contribution in [3.8, 4) is 0 Å². The number of rotatable bonds is 2. The third-order valence-electron chi connectivity index (χ3n) is 3.49. The summed E-state index contributed by atoms with van der Waals surface area (Å²) in [7, 11) is 1.59. The highest BCUT2D eigenvalue weighted by Crippen LogP contribution is 2.18. The Balaban J connectivity index is 2.05. The summed E-state index contributed by atoms with van der Waals surface area (Å²) in [5.41, 5.74) is 2.14. The fourth-order valence-electron chi connectivity index (χ4n) is 2.29. The van der Waals surface area contributed by atoms with Crippen LogP contribution in [0, 0.1) is 6.92 Å². The lowest BCUT2D eigenvalue weighted by Crippen LogP contribution is -2.46. The lowest BCUT2D eigenvalue weighted by Gasteiger charge is -2.31. The van der Waals surface area contributed by atoms with E-state index >= 15 is 0 Å². The topological polar surface area (TPSA) is 70.7 Å². The summed E-state index contributed by atoms with van der Waals surface area (Å²) in [5, 5.41) is 5.46. The zero-order valence-electron chi connectivity index (χ0n) is 12.6. The Kier molecular flexibility index (Phi) is 4.80. The predicted molar refractivity (Wildman–Crippen MR) is 80.6 cm³/mol. The fourth-order valence-corrected chi connectivity index (χ4v) is 2.29. The molecular weight excluding hydrogens is 270 g/mol. The predicted octanol–water partition coefficient (Wildman–Crippen LogP) is 1.61. The molecule has 0 aromatic heterocycles. The molecule has 114 valence electrons. The zero-order chi connectivity index (χ0) is 15.4. The summed E-state index contributed by atoms with van der Waals surface area (Å²) < 4.78 is 5.42. The number of morpholine rings is 1. The number of hydrogen-bond acceptors (Lipinski definition) is 3. The third kappa shape index (κ3) is 3.72. The average Bonchev–Trinajstić information content (AvgIpc) is 2.48. The molecule has 6 nitrogen and oxygen atoms in total. The van der Waals surface area contributed by atoms with Crippen LogP contribution in [0.1, 0.15) is 22.8 Å². The van der Waals surface area contributed by atoms with Crippen LogP contribution in [0.25, 0.3) is 0 Å². The quantitative estimate of drug-likeness (QED) is 0.869. The normalized spacial score (nSPS) is 18.2. The minimum Gasteiger partial charge on any atom is -0.375 e. The number of nitrogens with one attached hydrogen (secondary N) is 2. The first kappa shape index (κ1) is 15.3. The molecule has 0 aliphatic carbocycles. The molecule has 1 heterocycles. The van der Waals surface area contributed by atoms with E-state index in [4.69, 9.17) is 4.74 Å². The molecule has 6 heteroatoms. The van der Waals surface area contributed by atoms with E-state index in [0.29, 0.717) is 30.9 Å². The SMILES string of the molecule is CNC(=O)c1ccc(NC(=O)N2CCO[C@H](C)C2)c(C)c1. The minimum atomic E-state index is -0.141. The molecule has 1 aromatic carbocycles. The van der Waals surface area contributed by atoms with Crippen molar-refractivity contribution in [2.45, 2.75) is 20.0 Å². The van der Waals surface area contributed by atoms with Crippen LogP contribution in [0.15, 0.2) is 18.2 Å². The molecule has 2 N–H and O–H groups in total. The van der Waals surface area contributed by atoms with Gasteiger partial charge in [-0.3, -0.25) is 4.79 Å². The van der Waals surface area contributed by atoms with Gasteiger partial charge in [0, 0.05) is 31.4 Å². The van der Waals surface area contributed by atoms with Crippen molar-refractivity contribution < 1.29 is 14.3 Å². The lowest BCUT2D eigenvalue weighted by molar-refractivity contribution is -0.00138. The molecule has 1 aliphatic rings. The molecule has 1 atom stereocenters. The van der Waals surface area contributed by atoms with Gasteiger partial charge in [-0.15, -0.1) is 0 Å². The van der Waals surface area contributed by atoms with E-state index in [0.717, 1.165) is 5.56 Å². The first-order chi connectivity index (χ1) is 10.0. The number of nitrogens with zero attached hydrogens (tertiary/aromatic N) is 1. The van der Waals surface area contributed by atoms with Gasteiger partial charge in [0.25, 0.3) is 5.91 Å². The van der Waals surface area contributed by atoms with Gasteiger partial charge in [0.15, 0.2) is 0 Å². The van der Waals surface area contributed by atoms with Gasteiger partial charge < -0.3 is 20.3 Å². The molecule has 0 radical (unpaired) electrons. The standard InChI is InChI=1S/C15H21N3O3/c1-10-8-12(14(19)16-3)4-5-13(10)17-15(20)18-6-7-21-11(2)9-18/h4-5,8,11H,6-7,9H2,1-3H3,(H,16,19)(H,17,20)/t11-/m1/s1. The summed E-state index contributed by atoms with van der Waals surface area (Å²) in [5.74, 6) is -0.141. The van der Waals surface area contributed by atoms with Gasteiger partial charge in [-0.2, -0.15) is 0 Å². The number of ether oxygens (including phenoxy) is 1. The summed E-state index contributed by atoms with van der Waals surface area (Å²) in [4.78, 5) is 25.5. The van der Waals surface area contributed by atoms with E-state index in [-0.39, 0.29) is 18.0 Å². The molecule has 0 bridgehead atoms. The van der Waals surface area contributed by atoms with Crippen LogP contribution in [-0.4, -0.2) is 49.7 Å². The van der Waals surface area contributed by atoms with E-state index in [1.807, 2.05) is 13.8 Å². The van der Waals surface area contributed by atoms with Crippen molar-refractivity contribution in [2.24, 2.45) is 0 Å². The number of aryl methyl sites for hydroxylation is 1. The van der Waals surface area contributed by atoms with Gasteiger partial charge in [-0.25, -0.2) is 4.79 Å². The molecule has 21 heavy (non-hydrogen) atoms. The molecule has 0 unspecified atom stereocenters. The number of amides is 3. The van der Waals surface area contributed by atoms with Crippen LogP contribution in [-0.2, 0) is 4.74 Å². The first-order valence-corrected chi connectivity index (χ1v) is 7.01. The van der Waals surface area contributed by atoms with Crippen LogP contribution >= 0.6 is 0 Å². The van der Waals surface area contributed by atoms with Gasteiger partial charge in [-0.05, 0) is 37.6 Å². The molecular formula is C15H21N3O3. The Morgan fingerprint density at radius 2 is 2.14 bits per heavy atom. The second-order valence-electron chi connectivity index (χ2n) is 5.17. The van der Waals surface area contributed by atoms with Crippen molar-refractivity contribution in [1.82, 2.24) is 10.2 Å².